The lowest BCUT2D eigenvalue weighted by Gasteiger charge is -1.80. The van der Waals surface area contributed by atoms with E-state index in [0.29, 0.717) is 0 Å². The van der Waals surface area contributed by atoms with E-state index in [1.54, 1.807) is 4.86 Å². The Morgan fingerprint density at radius 3 is 1.80 bits per heavy atom. The van der Waals surface area contributed by atoms with Gasteiger partial charge in [-0.2, -0.15) is 0 Å². The molecule has 0 heterocycles. The molecule has 0 aromatic heterocycles. The number of rotatable bonds is 1. The van der Waals surface area contributed by atoms with Crippen LogP contribution >= 0.6 is 51.4 Å². The molecule has 0 aromatic rings. The Hall–Kier alpha value is 1.80. The molecule has 0 fully saturated rings. The smallest absolute Gasteiger partial charge is 0.148 e. The topological polar surface area (TPSA) is 0 Å². The third-order valence-electron chi connectivity index (χ3n) is 0.0738. The molecule has 1 radical (unpaired) electrons. The Labute approximate surface area is 56.0 Å². The molecule has 0 spiro atoms. The first-order chi connectivity index (χ1) is 2.27. The quantitative estimate of drug-likeness (QED) is 0.375. The molecular formula is BCl2IP. The fourth-order valence-corrected chi connectivity index (χ4v) is 0. The maximum Gasteiger partial charge on any atom is 0.273 e. The molecule has 0 saturated carbocycles. The summed E-state index contributed by atoms with van der Waals surface area (Å²) in [5.74, 6) is 0. The van der Waals surface area contributed by atoms with Crippen LogP contribution in [0, 0.1) is 0 Å². The van der Waals surface area contributed by atoms with Gasteiger partial charge in [-0.25, -0.2) is 0 Å². The largest absolute Gasteiger partial charge is 0.273 e. The zero-order valence-electron chi connectivity index (χ0n) is 2.16. The van der Waals surface area contributed by atoms with Gasteiger partial charge in [-0.05, 0) is 0 Å². The van der Waals surface area contributed by atoms with Gasteiger partial charge >= 0.3 is 0 Å². The van der Waals surface area contributed by atoms with E-state index in [1.165, 1.54) is 0 Å². The minimum Gasteiger partial charge on any atom is -0.148 e. The second-order valence-electron chi connectivity index (χ2n) is 0.357. The molecule has 0 aliphatic rings. The van der Waals surface area contributed by atoms with Crippen molar-refractivity contribution in [2.45, 2.75) is 0 Å². The Bertz CT molecular complexity index is 23.6. The van der Waals surface area contributed by atoms with Crippen molar-refractivity contribution in [3.63, 3.8) is 0 Å². The summed E-state index contributed by atoms with van der Waals surface area (Å²) in [6.07, 6.45) is 0. The molecule has 0 aliphatic carbocycles. The lowest BCUT2D eigenvalue weighted by molar-refractivity contribution is 4.53. The lowest BCUT2D eigenvalue weighted by atomic mass is 10.8. The van der Waals surface area contributed by atoms with E-state index >= 15 is 0 Å². The summed E-state index contributed by atoms with van der Waals surface area (Å²) in [5, 5.41) is 0. The lowest BCUT2D eigenvalue weighted by Crippen LogP contribution is -1.49. The van der Waals surface area contributed by atoms with Crippen molar-refractivity contribution in [2.75, 3.05) is 0 Å². The summed E-state index contributed by atoms with van der Waals surface area (Å²) in [4.78, 5) is 1.73. The van der Waals surface area contributed by atoms with E-state index in [9.17, 15) is 0 Å². The highest BCUT2D eigenvalue weighted by Crippen LogP contribution is 2.45. The highest BCUT2D eigenvalue weighted by atomic mass is 127. The zero-order chi connectivity index (χ0) is 4.28. The number of hydrogen-bond donors (Lipinski definition) is 0. The molecular weight excluding hydrogens is 240 g/mol. The molecule has 0 rings (SSSR count). The van der Waals surface area contributed by atoms with Crippen LogP contribution in [0.25, 0.3) is 0 Å². The average molecular weight is 240 g/mol. The number of halogens is 3. The Balaban J connectivity index is 2.54. The van der Waals surface area contributed by atoms with Gasteiger partial charge in [0.1, 0.15) is 0 Å². The van der Waals surface area contributed by atoms with Gasteiger partial charge in [-0.1, -0.05) is 22.5 Å². The van der Waals surface area contributed by atoms with Gasteiger partial charge in [0.25, 0.3) is 4.86 Å². The van der Waals surface area contributed by atoms with Crippen LogP contribution in [-0.2, 0) is 0 Å². The third kappa shape index (κ3) is 5.80. The van der Waals surface area contributed by atoms with Crippen molar-refractivity contribution in [3.05, 3.63) is 0 Å². The molecule has 0 bridgehead atoms. The van der Waals surface area contributed by atoms with E-state index in [1.807, 2.05) is 22.4 Å². The van der Waals surface area contributed by atoms with Crippen LogP contribution in [0.3, 0.4) is 0 Å². The van der Waals surface area contributed by atoms with Crippen molar-refractivity contribution < 1.29 is 0 Å². The predicted molar refractivity (Wildman–Crippen MR) is 38.4 cm³/mol. The third-order valence-corrected chi connectivity index (χ3v) is 4.45. The van der Waals surface area contributed by atoms with Crippen LogP contribution in [0.4, 0.5) is 0 Å². The van der Waals surface area contributed by atoms with Crippen LogP contribution in [0.5, 0.6) is 0 Å². The summed E-state index contributed by atoms with van der Waals surface area (Å²) >= 11 is 12.5. The van der Waals surface area contributed by atoms with Crippen molar-refractivity contribution in [1.82, 2.24) is 0 Å². The average Bonchev–Trinajstić information content (AvgIpc) is 1.38. The fourth-order valence-electron chi connectivity index (χ4n) is 0. The van der Waals surface area contributed by atoms with E-state index in [-0.39, 0.29) is 0 Å². The molecule has 5 heteroatoms. The highest BCUT2D eigenvalue weighted by Gasteiger charge is 1.92. The van der Waals surface area contributed by atoms with Crippen LogP contribution in [0.2, 0.25) is 0 Å². The SMILES string of the molecule is ClP(Cl)[B]I. The zero-order valence-corrected chi connectivity index (χ0v) is 6.72. The Morgan fingerprint density at radius 1 is 1.60 bits per heavy atom. The number of hydrogen-bond acceptors (Lipinski definition) is 0. The van der Waals surface area contributed by atoms with Crippen molar-refractivity contribution in [2.24, 2.45) is 0 Å². The predicted octanol–water partition coefficient (Wildman–Crippen LogP) is 2.75. The summed E-state index contributed by atoms with van der Waals surface area (Å²) < 4.78 is 0. The second-order valence-corrected chi connectivity index (χ2v) is 5.45. The summed E-state index contributed by atoms with van der Waals surface area (Å²) in [7, 11) is 0. The molecule has 0 aliphatic heterocycles. The molecule has 0 aromatic carbocycles. The fraction of sp³-hybridized carbons (Fsp3) is 0. The van der Waals surface area contributed by atoms with Gasteiger partial charge in [-0.3, -0.25) is 0 Å². The maximum atomic E-state index is 5.23. The van der Waals surface area contributed by atoms with E-state index in [0.717, 1.165) is 0 Å². The van der Waals surface area contributed by atoms with Crippen molar-refractivity contribution >= 4 is 56.2 Å². The van der Waals surface area contributed by atoms with Crippen LogP contribution in [0.1, 0.15) is 0 Å². The first kappa shape index (κ1) is 6.80. The Morgan fingerprint density at radius 2 is 1.80 bits per heavy atom. The summed E-state index contributed by atoms with van der Waals surface area (Å²) in [6.45, 7) is -0.792. The molecule has 0 nitrogen and oxygen atoms in total. The molecule has 0 unspecified atom stereocenters. The molecule has 29 valence electrons. The van der Waals surface area contributed by atoms with E-state index in [4.69, 9.17) is 22.5 Å². The monoisotopic (exact) mass is 239 g/mol. The van der Waals surface area contributed by atoms with Gasteiger partial charge in [-0.15, -0.1) is 22.4 Å². The van der Waals surface area contributed by atoms with E-state index < -0.39 is 6.51 Å². The molecule has 0 atom stereocenters. The minimum atomic E-state index is -0.792. The van der Waals surface area contributed by atoms with Crippen molar-refractivity contribution in [1.29, 1.82) is 0 Å². The van der Waals surface area contributed by atoms with Gasteiger partial charge < -0.3 is 0 Å². The van der Waals surface area contributed by atoms with Crippen molar-refractivity contribution in [3.8, 4) is 0 Å². The normalized spacial score (nSPS) is 8.80. The second kappa shape index (κ2) is 3.98. The molecule has 0 N–H and O–H groups in total. The molecule has 5 heavy (non-hydrogen) atoms. The van der Waals surface area contributed by atoms with Crippen LogP contribution < -0.4 is 0 Å². The van der Waals surface area contributed by atoms with Gasteiger partial charge in [0, 0.05) is 0 Å². The highest BCUT2D eigenvalue weighted by molar-refractivity contribution is 14.1. The standard InChI is InChI=1S/BCl2IP/c2-5(3)1-4. The first-order valence-corrected chi connectivity index (χ1v) is 5.28. The van der Waals surface area contributed by atoms with Gasteiger partial charge in [0.15, 0.2) is 0 Å². The van der Waals surface area contributed by atoms with Crippen LogP contribution in [-0.4, -0.2) is 4.86 Å². The maximum absolute atomic E-state index is 5.23. The van der Waals surface area contributed by atoms with Crippen LogP contribution in [0.15, 0.2) is 0 Å². The molecule has 0 saturated heterocycles. The van der Waals surface area contributed by atoms with Gasteiger partial charge in [0.2, 0.25) is 0 Å². The summed E-state index contributed by atoms with van der Waals surface area (Å²) in [5.41, 5.74) is 0. The summed E-state index contributed by atoms with van der Waals surface area (Å²) in [6, 6.07) is 0. The molecule has 0 amide bonds. The first-order valence-electron chi connectivity index (χ1n) is 0.814. The Kier molecular flexibility index (Phi) is 5.41. The minimum absolute atomic E-state index is 0.792. The van der Waals surface area contributed by atoms with E-state index in [2.05, 4.69) is 0 Å². The van der Waals surface area contributed by atoms with Gasteiger partial charge in [0.05, 0.1) is 6.51 Å².